The Bertz CT molecular complexity index is 1230. The summed E-state index contributed by atoms with van der Waals surface area (Å²) in [6, 6.07) is 10.6. The van der Waals surface area contributed by atoms with Crippen LogP contribution in [0.4, 0.5) is 4.39 Å². The number of aromatic nitrogens is 3. The quantitative estimate of drug-likeness (QED) is 0.569. The Hall–Kier alpha value is -3.26. The molecule has 0 saturated carbocycles. The largest absolute Gasteiger partial charge is 0.352 e. The lowest BCUT2D eigenvalue weighted by atomic mass is 9.89. The van der Waals surface area contributed by atoms with Crippen LogP contribution in [0.2, 0.25) is 5.02 Å². The van der Waals surface area contributed by atoms with E-state index in [4.69, 9.17) is 11.6 Å². The molecule has 1 aromatic carbocycles. The summed E-state index contributed by atoms with van der Waals surface area (Å²) >= 11 is 6.02. The zero-order chi connectivity index (χ0) is 23.8. The molecular weight excluding hydrogens is 457 g/mol. The van der Waals surface area contributed by atoms with Gasteiger partial charge in [-0.25, -0.2) is 4.39 Å². The number of carbonyl (C=O) groups is 2. The van der Waals surface area contributed by atoms with Gasteiger partial charge in [-0.2, -0.15) is 5.10 Å². The second-order valence-electron chi connectivity index (χ2n) is 9.09. The molecular formula is C25H25ClFN5O2. The highest BCUT2D eigenvalue weighted by Crippen LogP contribution is 2.39. The molecule has 2 bridgehead atoms. The Labute approximate surface area is 201 Å². The van der Waals surface area contributed by atoms with Crippen LogP contribution >= 0.6 is 11.6 Å². The number of amides is 2. The molecule has 2 aromatic heterocycles. The molecule has 2 unspecified atom stereocenters. The minimum absolute atomic E-state index is 0.000162. The first-order valence-corrected chi connectivity index (χ1v) is 11.8. The van der Waals surface area contributed by atoms with E-state index in [2.05, 4.69) is 20.5 Å². The van der Waals surface area contributed by atoms with Gasteiger partial charge in [0.2, 0.25) is 5.91 Å². The average molecular weight is 482 g/mol. The number of fused-ring (bicyclic) bond motifs is 2. The molecule has 2 N–H and O–H groups in total. The average Bonchev–Trinajstić information content (AvgIpc) is 3.41. The van der Waals surface area contributed by atoms with E-state index in [0.717, 1.165) is 24.6 Å². The zero-order valence-corrected chi connectivity index (χ0v) is 19.5. The minimum atomic E-state index is -0.485. The van der Waals surface area contributed by atoms with Crippen LogP contribution in [0.15, 0.2) is 42.6 Å². The standard InChI is InChI=1S/C25H25ClFN5O2/c1-14-7-20(21(27)13-28-14)22-11-23(31-30-22)25(34)32-18-5-6-19(32)10-16(9-18)24(33)29-12-15-3-2-4-17(26)8-15/h2-4,7-8,11,13,16,18-19H,5-6,9-10,12H2,1H3,(H,29,33)(H,30,31). The molecule has 2 amide bonds. The third-order valence-electron chi connectivity index (χ3n) is 6.77. The van der Waals surface area contributed by atoms with Gasteiger partial charge in [0.15, 0.2) is 5.82 Å². The molecule has 2 aliphatic heterocycles. The third-order valence-corrected chi connectivity index (χ3v) is 7.01. The van der Waals surface area contributed by atoms with Crippen LogP contribution in [0.25, 0.3) is 11.3 Å². The highest BCUT2D eigenvalue weighted by atomic mass is 35.5. The van der Waals surface area contributed by atoms with Crippen LogP contribution in [0.5, 0.6) is 0 Å². The van der Waals surface area contributed by atoms with E-state index >= 15 is 0 Å². The second-order valence-corrected chi connectivity index (χ2v) is 9.52. The molecule has 4 heterocycles. The van der Waals surface area contributed by atoms with Crippen molar-refractivity contribution in [1.29, 1.82) is 0 Å². The van der Waals surface area contributed by atoms with E-state index in [1.54, 1.807) is 25.1 Å². The Kier molecular flexibility index (Phi) is 6.08. The number of pyridine rings is 1. The van der Waals surface area contributed by atoms with Gasteiger partial charge in [-0.15, -0.1) is 0 Å². The van der Waals surface area contributed by atoms with Crippen molar-refractivity contribution >= 4 is 23.4 Å². The summed E-state index contributed by atoms with van der Waals surface area (Å²) in [6.45, 7) is 2.20. The molecule has 3 aromatic rings. The second kappa shape index (κ2) is 9.18. The summed E-state index contributed by atoms with van der Waals surface area (Å²) in [6.07, 6.45) is 4.15. The Morgan fingerprint density at radius 3 is 2.71 bits per heavy atom. The van der Waals surface area contributed by atoms with E-state index in [-0.39, 0.29) is 29.8 Å². The first-order chi connectivity index (χ1) is 16.4. The number of carbonyl (C=O) groups excluding carboxylic acids is 2. The van der Waals surface area contributed by atoms with Crippen LogP contribution in [-0.2, 0) is 11.3 Å². The summed E-state index contributed by atoms with van der Waals surface area (Å²) in [4.78, 5) is 32.0. The lowest BCUT2D eigenvalue weighted by Gasteiger charge is -2.38. The zero-order valence-electron chi connectivity index (χ0n) is 18.7. The van der Waals surface area contributed by atoms with Crippen molar-refractivity contribution in [3.8, 4) is 11.3 Å². The molecule has 2 atom stereocenters. The van der Waals surface area contributed by atoms with Crippen LogP contribution in [0.3, 0.4) is 0 Å². The molecule has 176 valence electrons. The van der Waals surface area contributed by atoms with Gasteiger partial charge >= 0.3 is 0 Å². The van der Waals surface area contributed by atoms with Crippen LogP contribution < -0.4 is 5.32 Å². The fourth-order valence-corrected chi connectivity index (χ4v) is 5.36. The van der Waals surface area contributed by atoms with Crippen molar-refractivity contribution in [3.05, 3.63) is 70.4 Å². The predicted octanol–water partition coefficient (Wildman–Crippen LogP) is 4.27. The number of benzene rings is 1. The van der Waals surface area contributed by atoms with Crippen molar-refractivity contribution < 1.29 is 14.0 Å². The van der Waals surface area contributed by atoms with Gasteiger partial charge in [0.25, 0.3) is 5.91 Å². The molecule has 0 aliphatic carbocycles. The maximum Gasteiger partial charge on any atom is 0.272 e. The van der Waals surface area contributed by atoms with Gasteiger partial charge in [0.1, 0.15) is 5.69 Å². The summed E-state index contributed by atoms with van der Waals surface area (Å²) in [5.74, 6) is -0.765. The number of nitrogens with zero attached hydrogens (tertiary/aromatic N) is 3. The van der Waals surface area contributed by atoms with Gasteiger partial charge in [0.05, 0.1) is 11.9 Å². The SMILES string of the molecule is Cc1cc(-c2cc(C(=O)N3C4CCC3CC(C(=O)NCc3cccc(Cl)c3)C4)[nH]n2)c(F)cn1. The molecule has 2 fully saturated rings. The van der Waals surface area contributed by atoms with E-state index in [1.165, 1.54) is 0 Å². The van der Waals surface area contributed by atoms with Gasteiger partial charge in [-0.1, -0.05) is 23.7 Å². The van der Waals surface area contributed by atoms with Crippen molar-refractivity contribution in [2.45, 2.75) is 51.2 Å². The van der Waals surface area contributed by atoms with Crippen molar-refractivity contribution in [1.82, 2.24) is 25.4 Å². The maximum atomic E-state index is 14.2. The number of piperidine rings is 1. The predicted molar refractivity (Wildman–Crippen MR) is 126 cm³/mol. The van der Waals surface area contributed by atoms with Crippen LogP contribution in [0, 0.1) is 18.7 Å². The molecule has 2 aliphatic rings. The van der Waals surface area contributed by atoms with Crippen molar-refractivity contribution in [3.63, 3.8) is 0 Å². The topological polar surface area (TPSA) is 91.0 Å². The molecule has 5 rings (SSSR count). The van der Waals surface area contributed by atoms with Crippen molar-refractivity contribution in [2.24, 2.45) is 5.92 Å². The summed E-state index contributed by atoms with van der Waals surface area (Å²) in [5, 5.41) is 10.6. The van der Waals surface area contributed by atoms with Gasteiger partial charge < -0.3 is 10.2 Å². The molecule has 2 saturated heterocycles. The lowest BCUT2D eigenvalue weighted by Crippen LogP contribution is -2.49. The number of hydrogen-bond donors (Lipinski definition) is 2. The molecule has 9 heteroatoms. The smallest absolute Gasteiger partial charge is 0.272 e. The molecule has 34 heavy (non-hydrogen) atoms. The van der Waals surface area contributed by atoms with E-state index in [9.17, 15) is 14.0 Å². The summed E-state index contributed by atoms with van der Waals surface area (Å²) in [5.41, 5.74) is 2.62. The van der Waals surface area contributed by atoms with Gasteiger partial charge in [-0.3, -0.25) is 19.7 Å². The maximum absolute atomic E-state index is 14.2. The van der Waals surface area contributed by atoms with Gasteiger partial charge in [0, 0.05) is 40.8 Å². The highest BCUT2D eigenvalue weighted by molar-refractivity contribution is 6.30. The Balaban J connectivity index is 1.25. The fourth-order valence-electron chi connectivity index (χ4n) is 5.15. The Morgan fingerprint density at radius 2 is 1.97 bits per heavy atom. The molecule has 7 nitrogen and oxygen atoms in total. The van der Waals surface area contributed by atoms with E-state index < -0.39 is 5.82 Å². The van der Waals surface area contributed by atoms with Crippen molar-refractivity contribution in [2.75, 3.05) is 0 Å². The van der Waals surface area contributed by atoms with Crippen LogP contribution in [-0.4, -0.2) is 44.0 Å². The van der Waals surface area contributed by atoms with Gasteiger partial charge in [-0.05, 0) is 62.4 Å². The van der Waals surface area contributed by atoms with E-state index in [1.807, 2.05) is 23.1 Å². The lowest BCUT2D eigenvalue weighted by molar-refractivity contribution is -0.127. The number of rotatable bonds is 5. The number of H-pyrrole nitrogens is 1. The number of nitrogens with one attached hydrogen (secondary N) is 2. The monoisotopic (exact) mass is 481 g/mol. The molecule has 0 radical (unpaired) electrons. The number of halogens is 2. The number of aromatic amines is 1. The minimum Gasteiger partial charge on any atom is -0.352 e. The number of aryl methyl sites for hydroxylation is 1. The van der Waals surface area contributed by atoms with E-state index in [0.29, 0.717) is 47.1 Å². The summed E-state index contributed by atoms with van der Waals surface area (Å²) in [7, 11) is 0. The molecule has 0 spiro atoms. The fraction of sp³-hybridized carbons (Fsp3) is 0.360. The Morgan fingerprint density at radius 1 is 1.21 bits per heavy atom. The van der Waals surface area contributed by atoms with Crippen LogP contribution in [0.1, 0.15) is 47.4 Å². The third kappa shape index (κ3) is 4.42. The first kappa shape index (κ1) is 22.5. The normalized spacial score (nSPS) is 21.5. The summed E-state index contributed by atoms with van der Waals surface area (Å²) < 4.78 is 14.2. The first-order valence-electron chi connectivity index (χ1n) is 11.4. The number of hydrogen-bond acceptors (Lipinski definition) is 4. The highest BCUT2D eigenvalue weighted by Gasteiger charge is 2.45.